The van der Waals surface area contributed by atoms with E-state index in [2.05, 4.69) is 26.0 Å². The summed E-state index contributed by atoms with van der Waals surface area (Å²) in [5, 5.41) is 9.92. The Morgan fingerprint density at radius 3 is 2.79 bits per heavy atom. The van der Waals surface area contributed by atoms with Crippen LogP contribution in [0.25, 0.3) is 0 Å². The molecule has 1 aromatic heterocycles. The quantitative estimate of drug-likeness (QED) is 0.648. The number of para-hydroxylation sites is 1. The Hall–Kier alpha value is -2.32. The molecule has 1 aromatic carbocycles. The molecule has 0 N–H and O–H groups in total. The molecule has 0 radical (unpaired) electrons. The number of rotatable bonds is 6. The van der Waals surface area contributed by atoms with E-state index in [1.165, 1.54) is 17.3 Å². The topological polar surface area (TPSA) is 57.0 Å². The third kappa shape index (κ3) is 4.56. The molecule has 146 valence electrons. The molecule has 0 saturated heterocycles. The lowest BCUT2D eigenvalue weighted by molar-refractivity contribution is -0.118. The standard InChI is InChI=1S/C23H27N3OS/c1-4-21(23(27)26-13-7-9-17-8-5-6-10-20(17)26)28-22-18(15-24)11-12-19(25-22)14-16(2)3/h5-6,8,10-12,16,21H,4,7,9,13-14H2,1-3H3. The Kier molecular flexibility index (Phi) is 6.74. The number of nitrogens with zero attached hydrogens (tertiary/aromatic N) is 3. The van der Waals surface area contributed by atoms with Crippen LogP contribution in [0.1, 0.15) is 50.4 Å². The summed E-state index contributed by atoms with van der Waals surface area (Å²) in [7, 11) is 0. The molecule has 1 atom stereocenters. The van der Waals surface area contributed by atoms with Gasteiger partial charge in [0.25, 0.3) is 0 Å². The van der Waals surface area contributed by atoms with Crippen LogP contribution >= 0.6 is 11.8 Å². The van der Waals surface area contributed by atoms with E-state index in [0.717, 1.165) is 37.2 Å². The zero-order valence-corrected chi connectivity index (χ0v) is 17.6. The summed E-state index contributed by atoms with van der Waals surface area (Å²) in [5.74, 6) is 0.603. The number of aromatic nitrogens is 1. The number of hydrogen-bond donors (Lipinski definition) is 0. The van der Waals surface area contributed by atoms with Gasteiger partial charge in [0.15, 0.2) is 0 Å². The molecular formula is C23H27N3OS. The van der Waals surface area contributed by atoms with Gasteiger partial charge < -0.3 is 4.90 Å². The Balaban J connectivity index is 1.85. The fourth-order valence-corrected chi connectivity index (χ4v) is 4.64. The van der Waals surface area contributed by atoms with Gasteiger partial charge in [-0.05, 0) is 55.4 Å². The number of carbonyl (C=O) groups is 1. The lowest BCUT2D eigenvalue weighted by Gasteiger charge is -2.32. The van der Waals surface area contributed by atoms with E-state index in [1.807, 2.05) is 42.2 Å². The Morgan fingerprint density at radius 2 is 2.07 bits per heavy atom. The first-order valence-corrected chi connectivity index (χ1v) is 10.9. The molecule has 1 aliphatic heterocycles. The average molecular weight is 394 g/mol. The second kappa shape index (κ2) is 9.25. The highest BCUT2D eigenvalue weighted by Gasteiger charge is 2.29. The van der Waals surface area contributed by atoms with Crippen LogP contribution in [0, 0.1) is 17.2 Å². The zero-order chi connectivity index (χ0) is 20.1. The van der Waals surface area contributed by atoms with Crippen LogP contribution in [-0.4, -0.2) is 22.7 Å². The van der Waals surface area contributed by atoms with Crippen LogP contribution in [0.4, 0.5) is 5.69 Å². The molecule has 5 heteroatoms. The lowest BCUT2D eigenvalue weighted by Crippen LogP contribution is -2.40. The Labute approximate surface area is 172 Å². The number of pyridine rings is 1. The molecule has 0 aliphatic carbocycles. The second-order valence-corrected chi connectivity index (χ2v) is 8.79. The maximum absolute atomic E-state index is 13.4. The van der Waals surface area contributed by atoms with Gasteiger partial charge in [0.1, 0.15) is 11.1 Å². The van der Waals surface area contributed by atoms with E-state index in [0.29, 0.717) is 22.9 Å². The number of aryl methyl sites for hydroxylation is 1. The zero-order valence-electron chi connectivity index (χ0n) is 16.8. The summed E-state index contributed by atoms with van der Waals surface area (Å²) in [6.45, 7) is 7.08. The molecule has 4 nitrogen and oxygen atoms in total. The van der Waals surface area contributed by atoms with Crippen molar-refractivity contribution in [1.82, 2.24) is 4.98 Å². The molecule has 1 unspecified atom stereocenters. The molecule has 0 saturated carbocycles. The van der Waals surface area contributed by atoms with Gasteiger partial charge in [0, 0.05) is 17.9 Å². The maximum Gasteiger partial charge on any atom is 0.240 e. The predicted molar refractivity (Wildman–Crippen MR) is 115 cm³/mol. The van der Waals surface area contributed by atoms with Crippen molar-refractivity contribution in [1.29, 1.82) is 5.26 Å². The number of carbonyl (C=O) groups excluding carboxylic acids is 1. The molecule has 2 aromatic rings. The van der Waals surface area contributed by atoms with E-state index in [9.17, 15) is 10.1 Å². The number of hydrogen-bond acceptors (Lipinski definition) is 4. The molecule has 28 heavy (non-hydrogen) atoms. The van der Waals surface area contributed by atoms with Gasteiger partial charge in [-0.25, -0.2) is 4.98 Å². The van der Waals surface area contributed by atoms with E-state index in [-0.39, 0.29) is 11.2 Å². The molecular weight excluding hydrogens is 366 g/mol. The van der Waals surface area contributed by atoms with E-state index >= 15 is 0 Å². The summed E-state index contributed by atoms with van der Waals surface area (Å²) in [6, 6.07) is 14.1. The first-order chi connectivity index (χ1) is 13.5. The first-order valence-electron chi connectivity index (χ1n) is 9.99. The largest absolute Gasteiger partial charge is 0.311 e. The number of anilines is 1. The SMILES string of the molecule is CCC(Sc1nc(CC(C)C)ccc1C#N)C(=O)N1CCCc2ccccc21. The minimum Gasteiger partial charge on any atom is -0.311 e. The van der Waals surface area contributed by atoms with Gasteiger partial charge in [0.2, 0.25) is 5.91 Å². The summed E-state index contributed by atoms with van der Waals surface area (Å²) in [5.41, 5.74) is 3.78. The normalized spacial score (nSPS) is 14.5. The summed E-state index contributed by atoms with van der Waals surface area (Å²) >= 11 is 1.43. The van der Waals surface area contributed by atoms with Crippen molar-refractivity contribution in [2.45, 2.75) is 56.7 Å². The van der Waals surface area contributed by atoms with Gasteiger partial charge in [-0.2, -0.15) is 5.26 Å². The highest BCUT2D eigenvalue weighted by Crippen LogP contribution is 2.33. The van der Waals surface area contributed by atoms with Gasteiger partial charge in [0.05, 0.1) is 10.8 Å². The summed E-state index contributed by atoms with van der Waals surface area (Å²) in [6.07, 6.45) is 3.56. The third-order valence-electron chi connectivity index (χ3n) is 4.93. The predicted octanol–water partition coefficient (Wildman–Crippen LogP) is 5.00. The number of thioether (sulfide) groups is 1. The van der Waals surface area contributed by atoms with Gasteiger partial charge in [-0.3, -0.25) is 4.79 Å². The van der Waals surface area contributed by atoms with E-state index in [1.54, 1.807) is 0 Å². The van der Waals surface area contributed by atoms with E-state index in [4.69, 9.17) is 4.98 Å². The molecule has 0 spiro atoms. The molecule has 2 heterocycles. The smallest absolute Gasteiger partial charge is 0.240 e. The molecule has 0 bridgehead atoms. The number of amides is 1. The first kappa shape index (κ1) is 20.4. The minimum atomic E-state index is -0.250. The summed E-state index contributed by atoms with van der Waals surface area (Å²) in [4.78, 5) is 20.0. The van der Waals surface area contributed by atoms with Crippen LogP contribution in [-0.2, 0) is 17.6 Å². The van der Waals surface area contributed by atoms with Crippen molar-refractivity contribution >= 4 is 23.4 Å². The number of nitriles is 1. The van der Waals surface area contributed by atoms with Crippen molar-refractivity contribution in [2.75, 3.05) is 11.4 Å². The van der Waals surface area contributed by atoms with Crippen LogP contribution in [0.3, 0.4) is 0 Å². The fourth-order valence-electron chi connectivity index (χ4n) is 3.57. The van der Waals surface area contributed by atoms with Gasteiger partial charge >= 0.3 is 0 Å². The van der Waals surface area contributed by atoms with Crippen LogP contribution in [0.5, 0.6) is 0 Å². The van der Waals surface area contributed by atoms with Crippen LogP contribution in [0.15, 0.2) is 41.4 Å². The highest BCUT2D eigenvalue weighted by molar-refractivity contribution is 8.00. The van der Waals surface area contributed by atoms with Crippen molar-refractivity contribution in [3.05, 3.63) is 53.2 Å². The average Bonchev–Trinajstić information content (AvgIpc) is 2.70. The molecule has 1 amide bonds. The Morgan fingerprint density at radius 1 is 1.29 bits per heavy atom. The third-order valence-corrected chi connectivity index (χ3v) is 6.29. The van der Waals surface area contributed by atoms with Crippen LogP contribution in [0.2, 0.25) is 0 Å². The Bertz CT molecular complexity index is 888. The summed E-state index contributed by atoms with van der Waals surface area (Å²) < 4.78 is 0. The van der Waals surface area contributed by atoms with Crippen LogP contribution < -0.4 is 4.90 Å². The maximum atomic E-state index is 13.4. The highest BCUT2D eigenvalue weighted by atomic mass is 32.2. The minimum absolute atomic E-state index is 0.111. The monoisotopic (exact) mass is 393 g/mol. The van der Waals surface area contributed by atoms with Crippen molar-refractivity contribution in [2.24, 2.45) is 5.92 Å². The molecule has 1 aliphatic rings. The fraction of sp³-hybridized carbons (Fsp3) is 0.435. The van der Waals surface area contributed by atoms with Gasteiger partial charge in [-0.15, -0.1) is 0 Å². The molecule has 3 rings (SSSR count). The van der Waals surface area contributed by atoms with Gasteiger partial charge in [-0.1, -0.05) is 50.7 Å². The van der Waals surface area contributed by atoms with Crippen molar-refractivity contribution in [3.8, 4) is 6.07 Å². The second-order valence-electron chi connectivity index (χ2n) is 7.60. The lowest BCUT2D eigenvalue weighted by atomic mass is 10.0. The van der Waals surface area contributed by atoms with Crippen molar-refractivity contribution < 1.29 is 4.79 Å². The molecule has 0 fully saturated rings. The van der Waals surface area contributed by atoms with Crippen molar-refractivity contribution in [3.63, 3.8) is 0 Å². The van der Waals surface area contributed by atoms with E-state index < -0.39 is 0 Å². The number of benzene rings is 1. The number of fused-ring (bicyclic) bond motifs is 1.